The summed E-state index contributed by atoms with van der Waals surface area (Å²) in [6.45, 7) is 5.63. The summed E-state index contributed by atoms with van der Waals surface area (Å²) in [6, 6.07) is 18.0. The van der Waals surface area contributed by atoms with Gasteiger partial charge in [-0.05, 0) is 31.0 Å². The minimum absolute atomic E-state index is 0.0439. The first-order valence-corrected chi connectivity index (χ1v) is 9.64. The lowest BCUT2D eigenvalue weighted by molar-refractivity contribution is 0.0938. The van der Waals surface area contributed by atoms with Crippen molar-refractivity contribution in [3.63, 3.8) is 0 Å². The lowest BCUT2D eigenvalue weighted by Gasteiger charge is -2.21. The van der Waals surface area contributed by atoms with Crippen LogP contribution in [0, 0.1) is 0 Å². The molecule has 0 saturated heterocycles. The first-order chi connectivity index (χ1) is 13.5. The Morgan fingerprint density at radius 1 is 1.07 bits per heavy atom. The molecule has 1 aromatic heterocycles. The summed E-state index contributed by atoms with van der Waals surface area (Å²) < 4.78 is 5.56. The average Bonchev–Trinajstić information content (AvgIpc) is 3.12. The maximum atomic E-state index is 12.1. The van der Waals surface area contributed by atoms with Gasteiger partial charge >= 0.3 is 0 Å². The third kappa shape index (κ3) is 5.68. The highest BCUT2D eigenvalue weighted by Gasteiger charge is 2.17. The molecule has 0 saturated carbocycles. The van der Waals surface area contributed by atoms with Crippen molar-refractivity contribution in [3.05, 3.63) is 88.6 Å². The van der Waals surface area contributed by atoms with Crippen LogP contribution in [0.2, 0.25) is 5.02 Å². The number of aromatic nitrogens is 1. The van der Waals surface area contributed by atoms with E-state index in [-0.39, 0.29) is 11.9 Å². The summed E-state index contributed by atoms with van der Waals surface area (Å²) in [4.78, 5) is 18.7. The van der Waals surface area contributed by atoms with Crippen LogP contribution in [-0.2, 0) is 19.6 Å². The van der Waals surface area contributed by atoms with Gasteiger partial charge in [0.25, 0.3) is 5.91 Å². The van der Waals surface area contributed by atoms with Crippen molar-refractivity contribution in [2.45, 2.75) is 39.5 Å². The average molecular weight is 398 g/mol. The second-order valence-corrected chi connectivity index (χ2v) is 7.38. The summed E-state index contributed by atoms with van der Waals surface area (Å²) in [6.07, 6.45) is 1.41. The van der Waals surface area contributed by atoms with Gasteiger partial charge in [-0.25, -0.2) is 4.98 Å². The summed E-state index contributed by atoms with van der Waals surface area (Å²) in [5, 5.41) is 3.55. The first-order valence-electron chi connectivity index (χ1n) is 9.26. The minimum atomic E-state index is -0.231. The largest absolute Gasteiger partial charge is 0.447 e. The van der Waals surface area contributed by atoms with E-state index in [9.17, 15) is 4.79 Å². The number of amides is 1. The second-order valence-electron chi connectivity index (χ2n) is 6.98. The van der Waals surface area contributed by atoms with E-state index in [0.717, 1.165) is 10.6 Å². The number of nitrogens with one attached hydrogen (secondary N) is 1. The van der Waals surface area contributed by atoms with Crippen molar-refractivity contribution in [3.8, 4) is 0 Å². The van der Waals surface area contributed by atoms with Crippen molar-refractivity contribution in [2.75, 3.05) is 0 Å². The molecule has 1 N–H and O–H groups in total. The SMILES string of the molecule is CC(C)NC(=O)c1coc(CN(Cc2ccccc2)Cc2ccccc2Cl)n1. The molecule has 0 aliphatic heterocycles. The van der Waals surface area contributed by atoms with Gasteiger partial charge in [-0.1, -0.05) is 60.1 Å². The van der Waals surface area contributed by atoms with E-state index in [1.54, 1.807) is 0 Å². The van der Waals surface area contributed by atoms with Gasteiger partial charge in [-0.2, -0.15) is 0 Å². The Morgan fingerprint density at radius 2 is 1.79 bits per heavy atom. The van der Waals surface area contributed by atoms with Gasteiger partial charge in [0, 0.05) is 24.2 Å². The molecule has 0 aliphatic carbocycles. The Kier molecular flexibility index (Phi) is 6.85. The third-order valence-corrected chi connectivity index (χ3v) is 4.53. The Balaban J connectivity index is 1.76. The Morgan fingerprint density at radius 3 is 2.50 bits per heavy atom. The molecule has 3 rings (SSSR count). The fraction of sp³-hybridized carbons (Fsp3) is 0.273. The smallest absolute Gasteiger partial charge is 0.273 e. The molecule has 0 atom stereocenters. The molecule has 146 valence electrons. The molecular formula is C22H24ClN3O2. The van der Waals surface area contributed by atoms with E-state index in [0.29, 0.717) is 31.2 Å². The van der Waals surface area contributed by atoms with Crippen LogP contribution in [-0.4, -0.2) is 21.8 Å². The van der Waals surface area contributed by atoms with Crippen LogP contribution in [0.5, 0.6) is 0 Å². The zero-order chi connectivity index (χ0) is 19.9. The van der Waals surface area contributed by atoms with Gasteiger partial charge in [0.05, 0.1) is 6.54 Å². The monoisotopic (exact) mass is 397 g/mol. The van der Waals surface area contributed by atoms with Crippen LogP contribution < -0.4 is 5.32 Å². The summed E-state index contributed by atoms with van der Waals surface area (Å²) >= 11 is 6.35. The van der Waals surface area contributed by atoms with E-state index in [2.05, 4.69) is 27.3 Å². The number of carbonyl (C=O) groups excluding carboxylic acids is 1. The number of halogens is 1. The molecular weight excluding hydrogens is 374 g/mol. The fourth-order valence-corrected chi connectivity index (χ4v) is 3.09. The Labute approximate surface area is 170 Å². The highest BCUT2D eigenvalue weighted by molar-refractivity contribution is 6.31. The first kappa shape index (κ1) is 20.1. The maximum Gasteiger partial charge on any atom is 0.273 e. The maximum absolute atomic E-state index is 12.1. The Hall–Kier alpha value is -2.63. The quantitative estimate of drug-likeness (QED) is 0.600. The molecule has 0 fully saturated rings. The molecule has 6 heteroatoms. The molecule has 1 heterocycles. The number of rotatable bonds is 8. The van der Waals surface area contributed by atoms with Crippen LogP contribution >= 0.6 is 11.6 Å². The van der Waals surface area contributed by atoms with E-state index in [1.807, 2.05) is 56.3 Å². The zero-order valence-corrected chi connectivity index (χ0v) is 16.8. The minimum Gasteiger partial charge on any atom is -0.447 e. The zero-order valence-electron chi connectivity index (χ0n) is 16.1. The molecule has 0 unspecified atom stereocenters. The second kappa shape index (κ2) is 9.53. The number of nitrogens with zero attached hydrogens (tertiary/aromatic N) is 2. The van der Waals surface area contributed by atoms with Gasteiger partial charge in [-0.15, -0.1) is 0 Å². The third-order valence-electron chi connectivity index (χ3n) is 4.16. The lowest BCUT2D eigenvalue weighted by atomic mass is 10.1. The molecule has 2 aromatic carbocycles. The number of hydrogen-bond acceptors (Lipinski definition) is 4. The van der Waals surface area contributed by atoms with E-state index in [1.165, 1.54) is 11.8 Å². The van der Waals surface area contributed by atoms with Gasteiger partial charge in [-0.3, -0.25) is 9.69 Å². The summed E-state index contributed by atoms with van der Waals surface area (Å²) in [5.41, 5.74) is 2.50. The van der Waals surface area contributed by atoms with Gasteiger partial charge in [0.1, 0.15) is 6.26 Å². The predicted octanol–water partition coefficient (Wildman–Crippen LogP) is 4.67. The van der Waals surface area contributed by atoms with Crippen molar-refractivity contribution in [2.24, 2.45) is 0 Å². The van der Waals surface area contributed by atoms with Gasteiger partial charge in [0.15, 0.2) is 5.69 Å². The Bertz CT molecular complexity index is 909. The molecule has 1 amide bonds. The van der Waals surface area contributed by atoms with Crippen LogP contribution in [0.25, 0.3) is 0 Å². The van der Waals surface area contributed by atoms with Crippen LogP contribution in [0.1, 0.15) is 41.4 Å². The normalized spacial score (nSPS) is 11.2. The fourth-order valence-electron chi connectivity index (χ4n) is 2.89. The van der Waals surface area contributed by atoms with Crippen molar-refractivity contribution < 1.29 is 9.21 Å². The number of hydrogen-bond donors (Lipinski definition) is 1. The van der Waals surface area contributed by atoms with E-state index in [4.69, 9.17) is 16.0 Å². The molecule has 0 bridgehead atoms. The highest BCUT2D eigenvalue weighted by atomic mass is 35.5. The molecule has 0 aliphatic rings. The lowest BCUT2D eigenvalue weighted by Crippen LogP contribution is -2.30. The number of oxazole rings is 1. The van der Waals surface area contributed by atoms with Crippen LogP contribution in [0.15, 0.2) is 65.3 Å². The van der Waals surface area contributed by atoms with Crippen molar-refractivity contribution >= 4 is 17.5 Å². The molecule has 0 spiro atoms. The predicted molar refractivity (Wildman–Crippen MR) is 110 cm³/mol. The number of benzene rings is 2. The van der Waals surface area contributed by atoms with Crippen LogP contribution in [0.3, 0.4) is 0 Å². The van der Waals surface area contributed by atoms with Crippen molar-refractivity contribution in [1.29, 1.82) is 0 Å². The standard InChI is InChI=1S/C22H24ClN3O2/c1-16(2)24-22(27)20-15-28-21(25-20)14-26(12-17-8-4-3-5-9-17)13-18-10-6-7-11-19(18)23/h3-11,15-16H,12-14H2,1-2H3,(H,24,27). The molecule has 0 radical (unpaired) electrons. The van der Waals surface area contributed by atoms with Gasteiger partial charge < -0.3 is 9.73 Å². The number of carbonyl (C=O) groups is 1. The summed E-state index contributed by atoms with van der Waals surface area (Å²) in [5.74, 6) is 0.266. The highest BCUT2D eigenvalue weighted by Crippen LogP contribution is 2.20. The molecule has 5 nitrogen and oxygen atoms in total. The van der Waals surface area contributed by atoms with E-state index >= 15 is 0 Å². The molecule has 3 aromatic rings. The molecule has 28 heavy (non-hydrogen) atoms. The topological polar surface area (TPSA) is 58.4 Å². The van der Waals surface area contributed by atoms with Gasteiger partial charge in [0.2, 0.25) is 5.89 Å². The summed E-state index contributed by atoms with van der Waals surface area (Å²) in [7, 11) is 0. The van der Waals surface area contributed by atoms with E-state index < -0.39 is 0 Å². The van der Waals surface area contributed by atoms with Crippen molar-refractivity contribution in [1.82, 2.24) is 15.2 Å². The van der Waals surface area contributed by atoms with Crippen LogP contribution in [0.4, 0.5) is 0 Å².